The van der Waals surface area contributed by atoms with Crippen molar-refractivity contribution in [3.05, 3.63) is 42.5 Å². The minimum Gasteiger partial charge on any atom is -0.382 e. The smallest absolute Gasteiger partial charge is 0.0348 e. The topological polar surface area (TPSA) is 12.0 Å². The maximum absolute atomic E-state index is 3.73. The van der Waals surface area contributed by atoms with Crippen LogP contribution in [0.2, 0.25) is 0 Å². The molecule has 0 heterocycles. The third-order valence-electron chi connectivity index (χ3n) is 4.38. The Labute approximate surface area is 116 Å². The normalized spacial score (nSPS) is 24.1. The van der Waals surface area contributed by atoms with E-state index in [0.29, 0.717) is 6.04 Å². The lowest BCUT2D eigenvalue weighted by atomic mass is 10.0. The van der Waals surface area contributed by atoms with Crippen LogP contribution in [0.4, 0.5) is 5.69 Å². The van der Waals surface area contributed by atoms with Crippen LogP contribution in [0.5, 0.6) is 0 Å². The van der Waals surface area contributed by atoms with Crippen molar-refractivity contribution in [2.45, 2.75) is 45.1 Å². The second kappa shape index (κ2) is 5.64. The fourth-order valence-electron chi connectivity index (χ4n) is 3.15. The molecule has 1 heteroatoms. The molecule has 100 valence electrons. The van der Waals surface area contributed by atoms with Crippen molar-refractivity contribution >= 4 is 16.5 Å². The third kappa shape index (κ3) is 3.09. The molecule has 2 aromatic carbocycles. The van der Waals surface area contributed by atoms with Gasteiger partial charge in [0.05, 0.1) is 0 Å². The molecule has 1 nitrogen and oxygen atoms in total. The zero-order valence-electron chi connectivity index (χ0n) is 11.7. The van der Waals surface area contributed by atoms with Gasteiger partial charge in [0, 0.05) is 11.7 Å². The maximum atomic E-state index is 3.73. The van der Waals surface area contributed by atoms with Gasteiger partial charge in [-0.1, -0.05) is 50.1 Å². The van der Waals surface area contributed by atoms with E-state index < -0.39 is 0 Å². The molecule has 0 saturated heterocycles. The number of rotatable bonds is 2. The van der Waals surface area contributed by atoms with E-state index in [2.05, 4.69) is 54.7 Å². The van der Waals surface area contributed by atoms with Crippen LogP contribution < -0.4 is 5.32 Å². The van der Waals surface area contributed by atoms with Gasteiger partial charge in [-0.3, -0.25) is 0 Å². The Morgan fingerprint density at radius 1 is 0.895 bits per heavy atom. The fourth-order valence-corrected chi connectivity index (χ4v) is 3.15. The Balaban J connectivity index is 1.73. The third-order valence-corrected chi connectivity index (χ3v) is 4.38. The highest BCUT2D eigenvalue weighted by Crippen LogP contribution is 2.26. The molecule has 0 radical (unpaired) electrons. The minimum atomic E-state index is 0.658. The van der Waals surface area contributed by atoms with Crippen LogP contribution in [0.15, 0.2) is 42.5 Å². The Morgan fingerprint density at radius 3 is 2.63 bits per heavy atom. The van der Waals surface area contributed by atoms with Crippen LogP contribution in [-0.2, 0) is 0 Å². The highest BCUT2D eigenvalue weighted by molar-refractivity contribution is 5.85. The van der Waals surface area contributed by atoms with Crippen molar-refractivity contribution in [3.8, 4) is 0 Å². The Hall–Kier alpha value is -1.50. The predicted molar refractivity (Wildman–Crippen MR) is 83.6 cm³/mol. The second-order valence-corrected chi connectivity index (χ2v) is 6.02. The van der Waals surface area contributed by atoms with Crippen LogP contribution >= 0.6 is 0 Å². The molecule has 0 amide bonds. The molecule has 1 aliphatic carbocycles. The average molecular weight is 253 g/mol. The summed E-state index contributed by atoms with van der Waals surface area (Å²) in [5.41, 5.74) is 1.28. The van der Waals surface area contributed by atoms with Crippen molar-refractivity contribution in [3.63, 3.8) is 0 Å². The average Bonchev–Trinajstić information content (AvgIpc) is 2.64. The molecular weight excluding hydrogens is 230 g/mol. The van der Waals surface area contributed by atoms with Gasteiger partial charge in [-0.2, -0.15) is 0 Å². The molecule has 0 bridgehead atoms. The van der Waals surface area contributed by atoms with Crippen LogP contribution in [0.1, 0.15) is 39.0 Å². The highest BCUT2D eigenvalue weighted by Gasteiger charge is 2.15. The molecule has 0 aliphatic heterocycles. The van der Waals surface area contributed by atoms with Gasteiger partial charge < -0.3 is 5.32 Å². The molecule has 1 aliphatic rings. The molecule has 0 spiro atoms. The summed E-state index contributed by atoms with van der Waals surface area (Å²) >= 11 is 0. The molecule has 2 unspecified atom stereocenters. The molecule has 1 N–H and O–H groups in total. The van der Waals surface area contributed by atoms with Gasteiger partial charge in [-0.05, 0) is 48.1 Å². The fraction of sp³-hybridized carbons (Fsp3) is 0.444. The summed E-state index contributed by atoms with van der Waals surface area (Å²) in [6, 6.07) is 16.0. The summed E-state index contributed by atoms with van der Waals surface area (Å²) in [7, 11) is 0. The monoisotopic (exact) mass is 253 g/mol. The van der Waals surface area contributed by atoms with Crippen LogP contribution in [0.25, 0.3) is 10.8 Å². The molecule has 2 aromatic rings. The summed E-state index contributed by atoms with van der Waals surface area (Å²) < 4.78 is 0. The van der Waals surface area contributed by atoms with Crippen molar-refractivity contribution in [2.24, 2.45) is 5.92 Å². The van der Waals surface area contributed by atoms with E-state index in [4.69, 9.17) is 0 Å². The minimum absolute atomic E-state index is 0.658. The van der Waals surface area contributed by atoms with Crippen molar-refractivity contribution in [1.29, 1.82) is 0 Å². The summed E-state index contributed by atoms with van der Waals surface area (Å²) in [6.07, 6.45) is 6.76. The molecule has 1 saturated carbocycles. The molecule has 3 rings (SSSR count). The molecule has 2 atom stereocenters. The quantitative estimate of drug-likeness (QED) is 0.723. The second-order valence-electron chi connectivity index (χ2n) is 6.02. The first-order valence-corrected chi connectivity index (χ1v) is 7.56. The Kier molecular flexibility index (Phi) is 3.72. The first-order chi connectivity index (χ1) is 9.31. The first kappa shape index (κ1) is 12.5. The standard InChI is InChI=1S/C18H23N/c1-14-5-4-8-17(11-9-14)19-18-12-10-15-6-2-3-7-16(15)13-18/h2-3,6-7,10,12-14,17,19H,4-5,8-9,11H2,1H3. The summed E-state index contributed by atoms with van der Waals surface area (Å²) in [4.78, 5) is 0. The number of fused-ring (bicyclic) bond motifs is 1. The van der Waals surface area contributed by atoms with Crippen molar-refractivity contribution < 1.29 is 0 Å². The Morgan fingerprint density at radius 2 is 1.74 bits per heavy atom. The van der Waals surface area contributed by atoms with E-state index in [1.165, 1.54) is 48.6 Å². The van der Waals surface area contributed by atoms with Crippen molar-refractivity contribution in [2.75, 3.05) is 5.32 Å². The van der Waals surface area contributed by atoms with Gasteiger partial charge in [0.2, 0.25) is 0 Å². The van der Waals surface area contributed by atoms with Crippen LogP contribution in [0, 0.1) is 5.92 Å². The molecule has 1 fully saturated rings. The van der Waals surface area contributed by atoms with Crippen molar-refractivity contribution in [1.82, 2.24) is 0 Å². The number of hydrogen-bond donors (Lipinski definition) is 1. The molecule has 0 aromatic heterocycles. The molecular formula is C18H23N. The zero-order chi connectivity index (χ0) is 13.1. The molecule has 19 heavy (non-hydrogen) atoms. The zero-order valence-corrected chi connectivity index (χ0v) is 11.7. The van der Waals surface area contributed by atoms with E-state index in [1.807, 2.05) is 0 Å². The van der Waals surface area contributed by atoms with Gasteiger partial charge >= 0.3 is 0 Å². The summed E-state index contributed by atoms with van der Waals surface area (Å²) in [6.45, 7) is 2.39. The van der Waals surface area contributed by atoms with Gasteiger partial charge in [-0.25, -0.2) is 0 Å². The van der Waals surface area contributed by atoms with E-state index in [-0.39, 0.29) is 0 Å². The lowest BCUT2D eigenvalue weighted by Gasteiger charge is -2.18. The Bertz CT molecular complexity index is 546. The van der Waals surface area contributed by atoms with Crippen LogP contribution in [0.3, 0.4) is 0 Å². The largest absolute Gasteiger partial charge is 0.382 e. The van der Waals surface area contributed by atoms with Gasteiger partial charge in [0.1, 0.15) is 0 Å². The van der Waals surface area contributed by atoms with Gasteiger partial charge in [0.25, 0.3) is 0 Å². The van der Waals surface area contributed by atoms with Gasteiger partial charge in [-0.15, -0.1) is 0 Å². The number of anilines is 1. The summed E-state index contributed by atoms with van der Waals surface area (Å²) in [5, 5.41) is 6.38. The lowest BCUT2D eigenvalue weighted by molar-refractivity contribution is 0.502. The first-order valence-electron chi connectivity index (χ1n) is 7.56. The van der Waals surface area contributed by atoms with E-state index in [0.717, 1.165) is 5.92 Å². The van der Waals surface area contributed by atoms with E-state index in [9.17, 15) is 0 Å². The predicted octanol–water partition coefficient (Wildman–Crippen LogP) is 5.22. The highest BCUT2D eigenvalue weighted by atomic mass is 14.9. The van der Waals surface area contributed by atoms with Gasteiger partial charge in [0.15, 0.2) is 0 Å². The number of benzene rings is 2. The SMILES string of the molecule is CC1CCCC(Nc2ccc3ccccc3c2)CC1. The van der Waals surface area contributed by atoms with E-state index in [1.54, 1.807) is 0 Å². The number of hydrogen-bond acceptors (Lipinski definition) is 1. The van der Waals surface area contributed by atoms with Crippen LogP contribution in [-0.4, -0.2) is 6.04 Å². The summed E-state index contributed by atoms with van der Waals surface area (Å²) in [5.74, 6) is 0.906. The maximum Gasteiger partial charge on any atom is 0.0348 e. The lowest BCUT2D eigenvalue weighted by Crippen LogP contribution is -2.18. The number of nitrogens with one attached hydrogen (secondary N) is 1. The van der Waals surface area contributed by atoms with E-state index >= 15 is 0 Å².